The Morgan fingerprint density at radius 2 is 1.87 bits per heavy atom. The lowest BCUT2D eigenvalue weighted by Gasteiger charge is -2.22. The molecule has 1 saturated heterocycles. The minimum atomic E-state index is -0.867. The number of hydrogen-bond donors (Lipinski definition) is 1. The Labute approximate surface area is 229 Å². The normalized spacial score (nSPS) is 17.4. The van der Waals surface area contributed by atoms with Crippen molar-refractivity contribution in [1.29, 1.82) is 0 Å². The molecule has 0 bridgehead atoms. The maximum atomic E-state index is 11.2. The van der Waals surface area contributed by atoms with Crippen LogP contribution in [0.2, 0.25) is 0 Å². The van der Waals surface area contributed by atoms with Crippen LogP contribution in [0.15, 0.2) is 54.7 Å². The van der Waals surface area contributed by atoms with Crippen LogP contribution >= 0.6 is 0 Å². The number of nitrogens with zero attached hydrogens (tertiary/aromatic N) is 1. The Kier molecular flexibility index (Phi) is 8.33. The van der Waals surface area contributed by atoms with Crippen LogP contribution in [0.4, 0.5) is 0 Å². The number of aromatic nitrogens is 1. The largest absolute Gasteiger partial charge is 0.496 e. The van der Waals surface area contributed by atoms with E-state index in [0.29, 0.717) is 5.88 Å². The second kappa shape index (κ2) is 12.2. The first-order chi connectivity index (χ1) is 19.1. The standard InChI is InChI=1S/C32H33NO6/c1-3-4-22(19-31(34)35)21-5-8-24(9-6-21)38-28-12-11-27-26(28)10-13-29(36-2)32(27)23-7-14-30(33-20-23)39-25-15-17-37-18-16-25/h5-10,13-14,20,22,25,28H,11-12,15-19H2,1-2H3,(H,34,35)/t22-,28+/m0/s1. The molecule has 1 aromatic heterocycles. The molecule has 3 aromatic rings. The molecule has 0 amide bonds. The lowest BCUT2D eigenvalue weighted by Crippen LogP contribution is -2.26. The molecule has 39 heavy (non-hydrogen) atoms. The summed E-state index contributed by atoms with van der Waals surface area (Å²) in [4.78, 5) is 15.8. The number of methoxy groups -OCH3 is 1. The summed E-state index contributed by atoms with van der Waals surface area (Å²) in [5.41, 5.74) is 5.23. The first-order valence-electron chi connectivity index (χ1n) is 13.4. The average Bonchev–Trinajstić information content (AvgIpc) is 3.36. The maximum absolute atomic E-state index is 11.2. The third-order valence-corrected chi connectivity index (χ3v) is 7.27. The third-order valence-electron chi connectivity index (χ3n) is 7.27. The SMILES string of the molecule is CC#C[C@@H](CC(=O)O)c1ccc(O[C@@H]2CCc3c2ccc(OC)c3-c2ccc(OC3CCOCC3)nc2)cc1. The van der Waals surface area contributed by atoms with E-state index in [1.54, 1.807) is 14.0 Å². The Bertz CT molecular complexity index is 1350. The highest BCUT2D eigenvalue weighted by atomic mass is 16.5. The highest BCUT2D eigenvalue weighted by Crippen LogP contribution is 2.44. The predicted molar refractivity (Wildman–Crippen MR) is 147 cm³/mol. The van der Waals surface area contributed by atoms with Gasteiger partial charge in [-0.15, -0.1) is 5.92 Å². The first kappa shape index (κ1) is 26.6. The van der Waals surface area contributed by atoms with Crippen molar-refractivity contribution < 1.29 is 28.8 Å². The van der Waals surface area contributed by atoms with Crippen LogP contribution in [-0.2, 0) is 16.0 Å². The zero-order chi connectivity index (χ0) is 27.2. The van der Waals surface area contributed by atoms with Gasteiger partial charge in [-0.05, 0) is 60.7 Å². The Morgan fingerprint density at radius 3 is 2.54 bits per heavy atom. The molecule has 5 rings (SSSR count). The van der Waals surface area contributed by atoms with Crippen LogP contribution in [0.1, 0.15) is 61.3 Å². The van der Waals surface area contributed by atoms with Gasteiger partial charge in [0.05, 0.1) is 32.7 Å². The lowest BCUT2D eigenvalue weighted by atomic mass is 9.96. The number of ether oxygens (including phenoxy) is 4. The van der Waals surface area contributed by atoms with E-state index in [1.807, 2.05) is 48.7 Å². The number of aliphatic carboxylic acids is 1. The molecule has 0 spiro atoms. The fourth-order valence-corrected chi connectivity index (χ4v) is 5.36. The van der Waals surface area contributed by atoms with E-state index in [1.165, 1.54) is 5.56 Å². The van der Waals surface area contributed by atoms with Gasteiger partial charge in [0.25, 0.3) is 0 Å². The van der Waals surface area contributed by atoms with Crippen molar-refractivity contribution in [2.45, 2.75) is 57.2 Å². The van der Waals surface area contributed by atoms with Gasteiger partial charge in [-0.25, -0.2) is 4.98 Å². The molecule has 1 fully saturated rings. The molecule has 7 nitrogen and oxygen atoms in total. The van der Waals surface area contributed by atoms with Crippen LogP contribution in [0, 0.1) is 11.8 Å². The zero-order valence-electron chi connectivity index (χ0n) is 22.3. The number of carboxylic acids is 1. The highest BCUT2D eigenvalue weighted by Gasteiger charge is 2.29. The van der Waals surface area contributed by atoms with Gasteiger partial charge in [0.2, 0.25) is 5.88 Å². The quantitative estimate of drug-likeness (QED) is 0.344. The molecule has 1 N–H and O–H groups in total. The van der Waals surface area contributed by atoms with Crippen molar-refractivity contribution in [3.8, 4) is 40.3 Å². The number of benzene rings is 2. The summed E-state index contributed by atoms with van der Waals surface area (Å²) in [5.74, 6) is 6.78. The molecule has 0 radical (unpaired) electrons. The molecule has 1 aliphatic heterocycles. The van der Waals surface area contributed by atoms with Crippen molar-refractivity contribution in [2.75, 3.05) is 20.3 Å². The van der Waals surface area contributed by atoms with Crippen molar-refractivity contribution in [3.05, 3.63) is 71.4 Å². The van der Waals surface area contributed by atoms with E-state index >= 15 is 0 Å². The van der Waals surface area contributed by atoms with E-state index in [4.69, 9.17) is 18.9 Å². The van der Waals surface area contributed by atoms with Gasteiger partial charge < -0.3 is 24.1 Å². The van der Waals surface area contributed by atoms with Gasteiger partial charge in [0.15, 0.2) is 0 Å². The van der Waals surface area contributed by atoms with Crippen molar-refractivity contribution in [2.24, 2.45) is 0 Å². The number of pyridine rings is 1. The number of hydrogen-bond acceptors (Lipinski definition) is 6. The number of fused-ring (bicyclic) bond motifs is 1. The molecule has 0 saturated carbocycles. The summed E-state index contributed by atoms with van der Waals surface area (Å²) in [6.45, 7) is 3.17. The van der Waals surface area contributed by atoms with Gasteiger partial charge >= 0.3 is 5.97 Å². The number of carbonyl (C=O) groups is 1. The monoisotopic (exact) mass is 527 g/mol. The Balaban J connectivity index is 1.34. The van der Waals surface area contributed by atoms with Gasteiger partial charge in [-0.2, -0.15) is 0 Å². The molecule has 2 atom stereocenters. The molecular formula is C32H33NO6. The summed E-state index contributed by atoms with van der Waals surface area (Å²) < 4.78 is 23.6. The molecule has 2 aliphatic rings. The second-order valence-corrected chi connectivity index (χ2v) is 9.78. The number of carboxylic acid groups (broad SMARTS) is 1. The maximum Gasteiger partial charge on any atom is 0.304 e. The lowest BCUT2D eigenvalue weighted by molar-refractivity contribution is -0.137. The average molecular weight is 528 g/mol. The van der Waals surface area contributed by atoms with E-state index in [2.05, 4.69) is 22.9 Å². The summed E-state index contributed by atoms with van der Waals surface area (Å²) in [6.07, 6.45) is 5.33. The van der Waals surface area contributed by atoms with Crippen LogP contribution in [0.3, 0.4) is 0 Å². The summed E-state index contributed by atoms with van der Waals surface area (Å²) in [6, 6.07) is 15.6. The van der Waals surface area contributed by atoms with Crippen LogP contribution in [0.25, 0.3) is 11.1 Å². The summed E-state index contributed by atoms with van der Waals surface area (Å²) in [5, 5.41) is 9.22. The number of rotatable bonds is 9. The molecule has 2 heterocycles. The van der Waals surface area contributed by atoms with E-state index < -0.39 is 5.97 Å². The van der Waals surface area contributed by atoms with Gasteiger partial charge in [0.1, 0.15) is 23.7 Å². The zero-order valence-corrected chi connectivity index (χ0v) is 22.3. The molecule has 2 aromatic carbocycles. The molecule has 7 heteroatoms. The fourth-order valence-electron chi connectivity index (χ4n) is 5.36. The first-order valence-corrected chi connectivity index (χ1v) is 13.4. The smallest absolute Gasteiger partial charge is 0.304 e. The van der Waals surface area contributed by atoms with Crippen molar-refractivity contribution in [3.63, 3.8) is 0 Å². The predicted octanol–water partition coefficient (Wildman–Crippen LogP) is 5.96. The molecule has 202 valence electrons. The highest BCUT2D eigenvalue weighted by molar-refractivity contribution is 5.76. The van der Waals surface area contributed by atoms with Gasteiger partial charge in [-0.1, -0.05) is 24.1 Å². The van der Waals surface area contributed by atoms with Crippen molar-refractivity contribution in [1.82, 2.24) is 4.98 Å². The molecule has 1 aliphatic carbocycles. The second-order valence-electron chi connectivity index (χ2n) is 9.78. The van der Waals surface area contributed by atoms with E-state index in [9.17, 15) is 9.90 Å². The van der Waals surface area contributed by atoms with Crippen LogP contribution in [0.5, 0.6) is 17.4 Å². The minimum absolute atomic E-state index is 0.0286. The van der Waals surface area contributed by atoms with Gasteiger partial charge in [0, 0.05) is 36.2 Å². The van der Waals surface area contributed by atoms with E-state index in [-0.39, 0.29) is 24.5 Å². The fraction of sp³-hybridized carbons (Fsp3) is 0.375. The summed E-state index contributed by atoms with van der Waals surface area (Å²) in [7, 11) is 1.69. The summed E-state index contributed by atoms with van der Waals surface area (Å²) >= 11 is 0. The molecular weight excluding hydrogens is 494 g/mol. The van der Waals surface area contributed by atoms with Crippen LogP contribution in [-0.4, -0.2) is 42.5 Å². The topological polar surface area (TPSA) is 87.1 Å². The van der Waals surface area contributed by atoms with Crippen molar-refractivity contribution >= 4 is 5.97 Å². The molecule has 0 unspecified atom stereocenters. The van der Waals surface area contributed by atoms with Gasteiger partial charge in [-0.3, -0.25) is 4.79 Å². The van der Waals surface area contributed by atoms with Crippen LogP contribution < -0.4 is 14.2 Å². The van der Waals surface area contributed by atoms with E-state index in [0.717, 1.165) is 72.6 Å². The third kappa shape index (κ3) is 6.18. The Hall–Kier alpha value is -4.02. The minimum Gasteiger partial charge on any atom is -0.496 e. The Morgan fingerprint density at radius 1 is 1.08 bits per heavy atom.